The summed E-state index contributed by atoms with van der Waals surface area (Å²) in [6.45, 7) is 8.98. The lowest BCUT2D eigenvalue weighted by Gasteiger charge is -2.25. The van der Waals surface area contributed by atoms with Crippen molar-refractivity contribution in [3.8, 4) is 23.3 Å². The smallest absolute Gasteiger partial charge is 0.161 e. The van der Waals surface area contributed by atoms with Crippen LogP contribution in [0.25, 0.3) is 0 Å². The number of aryl methyl sites for hydroxylation is 1. The van der Waals surface area contributed by atoms with Gasteiger partial charge in [-0.1, -0.05) is 38.1 Å². The number of rotatable bonds is 13. The third kappa shape index (κ3) is 8.15. The number of likely N-dealkylation sites (N-methyl/N-ethyl adjacent to an activating group) is 1. The molecular weight excluding hydrogens is 388 g/mol. The van der Waals surface area contributed by atoms with Gasteiger partial charge in [-0.05, 0) is 68.6 Å². The summed E-state index contributed by atoms with van der Waals surface area (Å²) in [7, 11) is 3.76. The van der Waals surface area contributed by atoms with Crippen LogP contribution in [0.5, 0.6) is 17.2 Å². The first kappa shape index (κ1) is 24.6. The van der Waals surface area contributed by atoms with E-state index in [0.717, 1.165) is 48.6 Å². The third-order valence-corrected chi connectivity index (χ3v) is 5.39. The molecule has 0 fully saturated rings. The quantitative estimate of drug-likeness (QED) is 0.439. The van der Waals surface area contributed by atoms with E-state index in [0.29, 0.717) is 24.7 Å². The zero-order valence-electron chi connectivity index (χ0n) is 19.6. The SMILES string of the molecule is COc1cc(CC#N)ccc1OC(CCCN(C)CCOc1ccccc1C)C(C)C. The first-order chi connectivity index (χ1) is 14.9. The molecule has 0 N–H and O–H groups in total. The molecule has 0 aromatic heterocycles. The van der Waals surface area contributed by atoms with Crippen LogP contribution >= 0.6 is 0 Å². The van der Waals surface area contributed by atoms with Gasteiger partial charge in [-0.25, -0.2) is 0 Å². The summed E-state index contributed by atoms with van der Waals surface area (Å²) in [6.07, 6.45) is 2.47. The topological polar surface area (TPSA) is 54.7 Å². The molecule has 0 aliphatic heterocycles. The van der Waals surface area contributed by atoms with Crippen molar-refractivity contribution in [3.05, 3.63) is 53.6 Å². The van der Waals surface area contributed by atoms with Crippen LogP contribution in [0.15, 0.2) is 42.5 Å². The molecule has 2 aromatic rings. The van der Waals surface area contributed by atoms with Crippen molar-refractivity contribution in [3.63, 3.8) is 0 Å². The Morgan fingerprint density at radius 1 is 1.03 bits per heavy atom. The molecular formula is C26H36N2O3. The van der Waals surface area contributed by atoms with E-state index in [1.165, 1.54) is 0 Å². The van der Waals surface area contributed by atoms with E-state index in [2.05, 4.69) is 44.9 Å². The summed E-state index contributed by atoms with van der Waals surface area (Å²) in [5.41, 5.74) is 2.10. The zero-order chi connectivity index (χ0) is 22.6. The van der Waals surface area contributed by atoms with Crippen LogP contribution in [-0.4, -0.2) is 44.9 Å². The Labute approximate surface area is 187 Å². The molecule has 1 unspecified atom stereocenters. The van der Waals surface area contributed by atoms with E-state index >= 15 is 0 Å². The van der Waals surface area contributed by atoms with Crippen LogP contribution in [0.1, 0.15) is 37.8 Å². The minimum absolute atomic E-state index is 0.104. The fraction of sp³-hybridized carbons (Fsp3) is 0.500. The summed E-state index contributed by atoms with van der Waals surface area (Å²) >= 11 is 0. The summed E-state index contributed by atoms with van der Waals surface area (Å²) in [4.78, 5) is 2.30. The van der Waals surface area contributed by atoms with Gasteiger partial charge in [0.25, 0.3) is 0 Å². The maximum absolute atomic E-state index is 8.90. The second-order valence-electron chi connectivity index (χ2n) is 8.28. The van der Waals surface area contributed by atoms with Gasteiger partial charge in [-0.15, -0.1) is 0 Å². The molecule has 0 saturated carbocycles. The van der Waals surface area contributed by atoms with Gasteiger partial charge >= 0.3 is 0 Å². The van der Waals surface area contributed by atoms with Crippen molar-refractivity contribution in [1.29, 1.82) is 5.26 Å². The van der Waals surface area contributed by atoms with Crippen molar-refractivity contribution >= 4 is 0 Å². The van der Waals surface area contributed by atoms with Gasteiger partial charge in [0, 0.05) is 6.54 Å². The molecule has 2 aromatic carbocycles. The van der Waals surface area contributed by atoms with Gasteiger partial charge < -0.3 is 19.1 Å². The summed E-state index contributed by atoms with van der Waals surface area (Å²) in [5, 5.41) is 8.90. The van der Waals surface area contributed by atoms with Crippen LogP contribution < -0.4 is 14.2 Å². The summed E-state index contributed by atoms with van der Waals surface area (Å²) in [5.74, 6) is 2.77. The van der Waals surface area contributed by atoms with E-state index in [1.54, 1.807) is 7.11 Å². The maximum Gasteiger partial charge on any atom is 0.161 e. The van der Waals surface area contributed by atoms with E-state index in [4.69, 9.17) is 19.5 Å². The number of benzene rings is 2. The van der Waals surface area contributed by atoms with Crippen LogP contribution in [0.3, 0.4) is 0 Å². The lowest BCUT2D eigenvalue weighted by Crippen LogP contribution is -2.28. The molecule has 31 heavy (non-hydrogen) atoms. The van der Waals surface area contributed by atoms with Crippen molar-refractivity contribution in [2.45, 2.75) is 46.1 Å². The van der Waals surface area contributed by atoms with E-state index in [9.17, 15) is 0 Å². The molecule has 0 radical (unpaired) electrons. The first-order valence-corrected chi connectivity index (χ1v) is 11.0. The van der Waals surface area contributed by atoms with Crippen LogP contribution in [0, 0.1) is 24.2 Å². The van der Waals surface area contributed by atoms with Crippen molar-refractivity contribution < 1.29 is 14.2 Å². The van der Waals surface area contributed by atoms with Gasteiger partial charge in [0.1, 0.15) is 18.5 Å². The fourth-order valence-corrected chi connectivity index (χ4v) is 3.41. The highest BCUT2D eigenvalue weighted by atomic mass is 16.5. The Morgan fingerprint density at radius 2 is 1.81 bits per heavy atom. The molecule has 5 heteroatoms. The van der Waals surface area contributed by atoms with Crippen molar-refractivity contribution in [2.75, 3.05) is 33.9 Å². The molecule has 1 atom stereocenters. The summed E-state index contributed by atoms with van der Waals surface area (Å²) in [6, 6.07) is 16.0. The van der Waals surface area contributed by atoms with Gasteiger partial charge in [0.05, 0.1) is 19.6 Å². The zero-order valence-corrected chi connectivity index (χ0v) is 19.6. The van der Waals surface area contributed by atoms with Crippen LogP contribution in [0.2, 0.25) is 0 Å². The normalized spacial score (nSPS) is 11.9. The number of nitriles is 1. The highest BCUT2D eigenvalue weighted by molar-refractivity contribution is 5.43. The average Bonchev–Trinajstić information content (AvgIpc) is 2.75. The predicted molar refractivity (Wildman–Crippen MR) is 125 cm³/mol. The number of hydrogen-bond acceptors (Lipinski definition) is 5. The standard InChI is InChI=1S/C26H36N2O3/c1-20(2)23(31-25-13-12-22(14-15-27)19-26(25)29-5)11-8-16-28(4)17-18-30-24-10-7-6-9-21(24)3/h6-7,9-10,12-13,19-20,23H,8,11,14,16-18H2,1-5H3. The van der Waals surface area contributed by atoms with Gasteiger partial charge in [0.15, 0.2) is 11.5 Å². The Kier molecular flexibility index (Phi) is 10.2. The van der Waals surface area contributed by atoms with Crippen LogP contribution in [-0.2, 0) is 6.42 Å². The Hall–Kier alpha value is -2.71. The molecule has 0 saturated heterocycles. The number of methoxy groups -OCH3 is 1. The fourth-order valence-electron chi connectivity index (χ4n) is 3.41. The number of hydrogen-bond donors (Lipinski definition) is 0. The first-order valence-electron chi connectivity index (χ1n) is 11.0. The van der Waals surface area contributed by atoms with E-state index in [-0.39, 0.29) is 6.10 Å². The Morgan fingerprint density at radius 3 is 2.48 bits per heavy atom. The third-order valence-electron chi connectivity index (χ3n) is 5.39. The molecule has 0 amide bonds. The second kappa shape index (κ2) is 12.9. The molecule has 0 aliphatic rings. The van der Waals surface area contributed by atoms with Crippen molar-refractivity contribution in [2.24, 2.45) is 5.92 Å². The number of nitrogens with zero attached hydrogens (tertiary/aromatic N) is 2. The molecule has 0 spiro atoms. The van der Waals surface area contributed by atoms with Gasteiger partial charge in [-0.2, -0.15) is 5.26 Å². The predicted octanol–water partition coefficient (Wildman–Crippen LogP) is 5.26. The highest BCUT2D eigenvalue weighted by Crippen LogP contribution is 2.31. The molecule has 2 rings (SSSR count). The lowest BCUT2D eigenvalue weighted by molar-refractivity contribution is 0.129. The lowest BCUT2D eigenvalue weighted by atomic mass is 10.0. The molecule has 5 nitrogen and oxygen atoms in total. The average molecular weight is 425 g/mol. The molecule has 0 aliphatic carbocycles. The van der Waals surface area contributed by atoms with Gasteiger partial charge in [-0.3, -0.25) is 0 Å². The Balaban J connectivity index is 1.80. The monoisotopic (exact) mass is 424 g/mol. The Bertz CT molecular complexity index is 845. The largest absolute Gasteiger partial charge is 0.493 e. The minimum Gasteiger partial charge on any atom is -0.493 e. The molecule has 0 heterocycles. The maximum atomic E-state index is 8.90. The highest BCUT2D eigenvalue weighted by Gasteiger charge is 2.18. The van der Waals surface area contributed by atoms with Gasteiger partial charge in [0.2, 0.25) is 0 Å². The minimum atomic E-state index is 0.104. The molecule has 0 bridgehead atoms. The number of para-hydroxylation sites is 1. The van der Waals surface area contributed by atoms with E-state index < -0.39 is 0 Å². The molecule has 168 valence electrons. The number of ether oxygens (including phenoxy) is 3. The summed E-state index contributed by atoms with van der Waals surface area (Å²) < 4.78 is 17.7. The second-order valence-corrected chi connectivity index (χ2v) is 8.28. The van der Waals surface area contributed by atoms with Crippen LogP contribution in [0.4, 0.5) is 0 Å². The van der Waals surface area contributed by atoms with Crippen molar-refractivity contribution in [1.82, 2.24) is 4.90 Å². The van der Waals surface area contributed by atoms with E-state index in [1.807, 2.05) is 36.4 Å².